The molecule has 4 heteroatoms. The van der Waals surface area contributed by atoms with E-state index in [2.05, 4.69) is 24.2 Å². The third-order valence-electron chi connectivity index (χ3n) is 3.08. The fourth-order valence-electron chi connectivity index (χ4n) is 1.80. The van der Waals surface area contributed by atoms with Crippen LogP contribution in [0.4, 0.5) is 4.39 Å². The van der Waals surface area contributed by atoms with Gasteiger partial charge >= 0.3 is 0 Å². The van der Waals surface area contributed by atoms with Crippen molar-refractivity contribution in [1.82, 2.24) is 5.32 Å². The molecule has 0 amide bonds. The summed E-state index contributed by atoms with van der Waals surface area (Å²) >= 11 is 1.80. The molecule has 1 N–H and O–H groups in total. The molecule has 1 fully saturated rings. The van der Waals surface area contributed by atoms with Gasteiger partial charge < -0.3 is 5.32 Å². The first-order valence-corrected chi connectivity index (χ1v) is 7.32. The maximum absolute atomic E-state index is 12.7. The van der Waals surface area contributed by atoms with E-state index in [1.807, 2.05) is 12.1 Å². The summed E-state index contributed by atoms with van der Waals surface area (Å²) in [5.74, 6) is 1.56. The van der Waals surface area contributed by atoms with E-state index < -0.39 is 0 Å². The Labute approximate surface area is 112 Å². The Balaban J connectivity index is 1.80. The van der Waals surface area contributed by atoms with Gasteiger partial charge in [0.15, 0.2) is 5.17 Å². The molecule has 0 bridgehead atoms. The lowest BCUT2D eigenvalue weighted by atomic mass is 10.1. The summed E-state index contributed by atoms with van der Waals surface area (Å²) in [6.45, 7) is 5.20. The first-order valence-electron chi connectivity index (χ1n) is 6.33. The average molecular weight is 266 g/mol. The number of nitrogens with zero attached hydrogens (tertiary/aromatic N) is 1. The van der Waals surface area contributed by atoms with Crippen molar-refractivity contribution in [2.75, 3.05) is 12.3 Å². The Bertz CT molecular complexity index is 414. The maximum Gasteiger partial charge on any atom is 0.156 e. The number of thioether (sulfide) groups is 1. The highest BCUT2D eigenvalue weighted by Gasteiger charge is 2.22. The van der Waals surface area contributed by atoms with Crippen LogP contribution in [0.25, 0.3) is 0 Å². The smallest absolute Gasteiger partial charge is 0.156 e. The van der Waals surface area contributed by atoms with Gasteiger partial charge in [0.1, 0.15) is 5.82 Å². The van der Waals surface area contributed by atoms with Crippen molar-refractivity contribution in [3.63, 3.8) is 0 Å². The van der Waals surface area contributed by atoms with Crippen molar-refractivity contribution < 1.29 is 4.39 Å². The molecular formula is C14H19FN2S. The molecular weight excluding hydrogens is 247 g/mol. The van der Waals surface area contributed by atoms with Gasteiger partial charge in [0.25, 0.3) is 0 Å². The minimum atomic E-state index is -0.183. The highest BCUT2D eigenvalue weighted by Crippen LogP contribution is 2.19. The van der Waals surface area contributed by atoms with Crippen molar-refractivity contribution in [2.45, 2.75) is 26.3 Å². The fraction of sp³-hybridized carbons (Fsp3) is 0.500. The molecule has 0 spiro atoms. The zero-order chi connectivity index (χ0) is 13.0. The number of benzene rings is 1. The fourth-order valence-corrected chi connectivity index (χ4v) is 3.02. The highest BCUT2D eigenvalue weighted by molar-refractivity contribution is 8.14. The van der Waals surface area contributed by atoms with Gasteiger partial charge in [-0.3, -0.25) is 4.99 Å². The lowest BCUT2D eigenvalue weighted by Gasteiger charge is -2.13. The maximum atomic E-state index is 12.7. The van der Waals surface area contributed by atoms with Crippen LogP contribution in [0.5, 0.6) is 0 Å². The van der Waals surface area contributed by atoms with E-state index in [0.29, 0.717) is 12.0 Å². The number of hydrogen-bond acceptors (Lipinski definition) is 2. The van der Waals surface area contributed by atoms with E-state index in [4.69, 9.17) is 0 Å². The first-order chi connectivity index (χ1) is 8.65. The summed E-state index contributed by atoms with van der Waals surface area (Å²) in [6, 6.07) is 7.18. The zero-order valence-electron chi connectivity index (χ0n) is 10.8. The molecule has 18 heavy (non-hydrogen) atoms. The lowest BCUT2D eigenvalue weighted by molar-refractivity contribution is 0.503. The second kappa shape index (κ2) is 6.23. The number of amidine groups is 1. The van der Waals surface area contributed by atoms with Crippen LogP contribution in [0, 0.1) is 11.7 Å². The van der Waals surface area contributed by atoms with Crippen LogP contribution in [0.2, 0.25) is 0 Å². The largest absolute Gasteiger partial charge is 0.361 e. The van der Waals surface area contributed by atoms with E-state index in [1.54, 1.807) is 11.8 Å². The van der Waals surface area contributed by atoms with Crippen molar-refractivity contribution in [1.29, 1.82) is 0 Å². The number of nitrogens with one attached hydrogen (secondary N) is 1. The molecule has 1 heterocycles. The average Bonchev–Trinajstić information content (AvgIpc) is 2.81. The predicted molar refractivity (Wildman–Crippen MR) is 76.6 cm³/mol. The molecule has 1 aliphatic rings. The Kier molecular flexibility index (Phi) is 4.64. The van der Waals surface area contributed by atoms with Crippen molar-refractivity contribution >= 4 is 16.9 Å². The molecule has 2 nitrogen and oxygen atoms in total. The van der Waals surface area contributed by atoms with Crippen LogP contribution in [0.15, 0.2) is 29.3 Å². The van der Waals surface area contributed by atoms with Gasteiger partial charge in [0.2, 0.25) is 0 Å². The van der Waals surface area contributed by atoms with Gasteiger partial charge in [-0.1, -0.05) is 37.7 Å². The van der Waals surface area contributed by atoms with Crippen LogP contribution in [0.1, 0.15) is 19.4 Å². The molecule has 0 saturated carbocycles. The van der Waals surface area contributed by atoms with E-state index in [9.17, 15) is 4.39 Å². The molecule has 1 aromatic rings. The van der Waals surface area contributed by atoms with Crippen LogP contribution in [0.3, 0.4) is 0 Å². The zero-order valence-corrected chi connectivity index (χ0v) is 11.6. The minimum Gasteiger partial charge on any atom is -0.361 e. The molecule has 1 aromatic carbocycles. The van der Waals surface area contributed by atoms with Gasteiger partial charge in [-0.25, -0.2) is 4.39 Å². The summed E-state index contributed by atoms with van der Waals surface area (Å²) < 4.78 is 12.7. The highest BCUT2D eigenvalue weighted by atomic mass is 32.2. The van der Waals surface area contributed by atoms with Gasteiger partial charge in [0, 0.05) is 18.3 Å². The molecule has 1 saturated heterocycles. The SMILES string of the molecule is CC(C)[C@H]1CSC(=NCCc2ccc(F)cc2)N1. The Morgan fingerprint density at radius 3 is 2.72 bits per heavy atom. The number of rotatable bonds is 4. The molecule has 1 aliphatic heterocycles. The Morgan fingerprint density at radius 1 is 1.39 bits per heavy atom. The summed E-state index contributed by atoms with van der Waals surface area (Å²) in [6.07, 6.45) is 0.859. The van der Waals surface area contributed by atoms with Crippen LogP contribution in [-0.2, 0) is 6.42 Å². The summed E-state index contributed by atoms with van der Waals surface area (Å²) in [4.78, 5) is 4.55. The number of hydrogen-bond donors (Lipinski definition) is 1. The normalized spacial score (nSPS) is 21.6. The molecule has 0 radical (unpaired) electrons. The van der Waals surface area contributed by atoms with Crippen molar-refractivity contribution in [2.24, 2.45) is 10.9 Å². The topological polar surface area (TPSA) is 24.4 Å². The third kappa shape index (κ3) is 3.73. The summed E-state index contributed by atoms with van der Waals surface area (Å²) in [5.41, 5.74) is 1.13. The summed E-state index contributed by atoms with van der Waals surface area (Å²) in [5, 5.41) is 4.49. The Morgan fingerprint density at radius 2 is 2.11 bits per heavy atom. The number of halogens is 1. The monoisotopic (exact) mass is 266 g/mol. The number of aliphatic imine (C=N–C) groups is 1. The first kappa shape index (κ1) is 13.4. The van der Waals surface area contributed by atoms with Crippen molar-refractivity contribution in [3.05, 3.63) is 35.6 Å². The van der Waals surface area contributed by atoms with E-state index in [-0.39, 0.29) is 5.82 Å². The standard InChI is InChI=1S/C14H19FN2S/c1-10(2)13-9-18-14(17-13)16-8-7-11-3-5-12(15)6-4-11/h3-6,10,13H,7-9H2,1-2H3,(H,16,17)/t13-/m1/s1. The quantitative estimate of drug-likeness (QED) is 0.905. The van der Waals surface area contributed by atoms with E-state index in [0.717, 1.165) is 29.4 Å². The van der Waals surface area contributed by atoms with E-state index >= 15 is 0 Å². The molecule has 0 unspecified atom stereocenters. The van der Waals surface area contributed by atoms with E-state index in [1.165, 1.54) is 12.1 Å². The van der Waals surface area contributed by atoms with Crippen LogP contribution >= 0.6 is 11.8 Å². The van der Waals surface area contributed by atoms with Crippen LogP contribution in [-0.4, -0.2) is 23.5 Å². The van der Waals surface area contributed by atoms with Gasteiger partial charge in [-0.05, 0) is 30.0 Å². The molecule has 0 aliphatic carbocycles. The molecule has 0 aromatic heterocycles. The second-order valence-electron chi connectivity index (χ2n) is 4.87. The van der Waals surface area contributed by atoms with Crippen LogP contribution < -0.4 is 5.32 Å². The molecule has 98 valence electrons. The predicted octanol–water partition coefficient (Wildman–Crippen LogP) is 3.09. The third-order valence-corrected chi connectivity index (χ3v) is 4.13. The van der Waals surface area contributed by atoms with Gasteiger partial charge in [-0.15, -0.1) is 0 Å². The molecule has 2 rings (SSSR count). The van der Waals surface area contributed by atoms with Gasteiger partial charge in [0.05, 0.1) is 0 Å². The lowest BCUT2D eigenvalue weighted by Crippen LogP contribution is -2.31. The summed E-state index contributed by atoms with van der Waals surface area (Å²) in [7, 11) is 0. The molecule has 1 atom stereocenters. The second-order valence-corrected chi connectivity index (χ2v) is 5.88. The Hall–Kier alpha value is -1.03. The minimum absolute atomic E-state index is 0.183. The van der Waals surface area contributed by atoms with Gasteiger partial charge in [-0.2, -0.15) is 0 Å². The van der Waals surface area contributed by atoms with Crippen molar-refractivity contribution in [3.8, 4) is 0 Å².